The SMILES string of the molecule is COC(=O)c1ccc(CCCC23CC4CC(CC(C4)C2)C3)cc1. The highest BCUT2D eigenvalue weighted by Crippen LogP contribution is 2.61. The largest absolute Gasteiger partial charge is 0.465 e. The van der Waals surface area contributed by atoms with Gasteiger partial charge in [0.1, 0.15) is 0 Å². The summed E-state index contributed by atoms with van der Waals surface area (Å²) in [6, 6.07) is 7.97. The zero-order chi connectivity index (χ0) is 15.9. The number of aryl methyl sites for hydroxylation is 1. The van der Waals surface area contributed by atoms with Crippen LogP contribution < -0.4 is 0 Å². The molecule has 4 saturated carbocycles. The molecule has 0 N–H and O–H groups in total. The molecule has 4 aliphatic carbocycles. The van der Waals surface area contributed by atoms with Gasteiger partial charge in [-0.1, -0.05) is 12.1 Å². The quantitative estimate of drug-likeness (QED) is 0.714. The number of carbonyl (C=O) groups is 1. The number of hydrogen-bond donors (Lipinski definition) is 0. The maximum absolute atomic E-state index is 11.5. The second-order valence-electron chi connectivity index (χ2n) is 8.46. The Morgan fingerprint density at radius 3 is 2.13 bits per heavy atom. The third kappa shape index (κ3) is 3.05. The number of ether oxygens (including phenoxy) is 1. The van der Waals surface area contributed by atoms with E-state index in [1.54, 1.807) is 0 Å². The Hall–Kier alpha value is -1.31. The highest BCUT2D eigenvalue weighted by Gasteiger charge is 2.50. The van der Waals surface area contributed by atoms with Gasteiger partial charge >= 0.3 is 5.97 Å². The van der Waals surface area contributed by atoms with Crippen LogP contribution in [0, 0.1) is 23.2 Å². The Balaban J connectivity index is 1.33. The fourth-order valence-electron chi connectivity index (χ4n) is 6.19. The van der Waals surface area contributed by atoms with Crippen LogP contribution in [0.2, 0.25) is 0 Å². The third-order valence-electron chi connectivity index (χ3n) is 6.71. The van der Waals surface area contributed by atoms with Crippen molar-refractivity contribution in [1.29, 1.82) is 0 Å². The van der Waals surface area contributed by atoms with E-state index in [2.05, 4.69) is 12.1 Å². The van der Waals surface area contributed by atoms with Crippen LogP contribution >= 0.6 is 0 Å². The Morgan fingerprint density at radius 1 is 1.04 bits per heavy atom. The molecule has 1 aromatic carbocycles. The van der Waals surface area contributed by atoms with E-state index in [0.29, 0.717) is 11.0 Å². The fraction of sp³-hybridized carbons (Fsp3) is 0.667. The number of carbonyl (C=O) groups excluding carboxylic acids is 1. The van der Waals surface area contributed by atoms with E-state index < -0.39 is 0 Å². The lowest BCUT2D eigenvalue weighted by molar-refractivity contribution is -0.0580. The van der Waals surface area contributed by atoms with E-state index in [1.807, 2.05) is 12.1 Å². The summed E-state index contributed by atoms with van der Waals surface area (Å²) < 4.78 is 4.76. The molecular formula is C21H28O2. The van der Waals surface area contributed by atoms with Crippen LogP contribution in [0.4, 0.5) is 0 Å². The molecule has 0 heterocycles. The predicted octanol–water partition coefficient (Wildman–Crippen LogP) is 5.01. The number of benzene rings is 1. The average Bonchev–Trinajstić information content (AvgIpc) is 2.53. The van der Waals surface area contributed by atoms with Gasteiger partial charge in [-0.15, -0.1) is 0 Å². The van der Waals surface area contributed by atoms with Crippen LogP contribution in [-0.4, -0.2) is 13.1 Å². The van der Waals surface area contributed by atoms with Crippen molar-refractivity contribution < 1.29 is 9.53 Å². The molecule has 0 radical (unpaired) electrons. The van der Waals surface area contributed by atoms with E-state index in [1.165, 1.54) is 64.0 Å². The molecule has 2 heteroatoms. The van der Waals surface area contributed by atoms with Crippen molar-refractivity contribution in [1.82, 2.24) is 0 Å². The van der Waals surface area contributed by atoms with Gasteiger partial charge in [0.2, 0.25) is 0 Å². The predicted molar refractivity (Wildman–Crippen MR) is 91.3 cm³/mol. The molecule has 0 aliphatic heterocycles. The van der Waals surface area contributed by atoms with Gasteiger partial charge in [-0.2, -0.15) is 0 Å². The molecule has 0 spiro atoms. The summed E-state index contributed by atoms with van der Waals surface area (Å²) >= 11 is 0. The first-order valence-electron chi connectivity index (χ1n) is 9.33. The molecule has 0 atom stereocenters. The molecule has 0 unspecified atom stereocenters. The van der Waals surface area contributed by atoms with Crippen molar-refractivity contribution in [3.8, 4) is 0 Å². The van der Waals surface area contributed by atoms with E-state index in [9.17, 15) is 4.79 Å². The van der Waals surface area contributed by atoms with Gasteiger partial charge in [-0.05, 0) is 98.7 Å². The van der Waals surface area contributed by atoms with Crippen molar-refractivity contribution in [3.05, 3.63) is 35.4 Å². The second kappa shape index (κ2) is 5.96. The standard InChI is InChI=1S/C21H28O2/c1-23-20(22)19-6-4-15(5-7-19)3-2-8-21-12-16-9-17(13-21)11-18(10-16)14-21/h4-7,16-18H,2-3,8-14H2,1H3. The van der Waals surface area contributed by atoms with E-state index in [-0.39, 0.29) is 5.97 Å². The molecule has 5 rings (SSSR count). The lowest BCUT2D eigenvalue weighted by atomic mass is 9.48. The minimum absolute atomic E-state index is 0.245. The molecule has 0 aromatic heterocycles. The summed E-state index contributed by atoms with van der Waals surface area (Å²) in [5.74, 6) is 2.92. The van der Waals surface area contributed by atoms with Crippen LogP contribution in [0.25, 0.3) is 0 Å². The molecule has 1 aromatic rings. The van der Waals surface area contributed by atoms with Crippen molar-refractivity contribution in [2.45, 2.75) is 57.8 Å². The first-order valence-corrected chi connectivity index (χ1v) is 9.33. The minimum Gasteiger partial charge on any atom is -0.465 e. The molecule has 4 bridgehead atoms. The lowest BCUT2D eigenvalue weighted by Gasteiger charge is -2.57. The summed E-state index contributed by atoms with van der Waals surface area (Å²) in [6.07, 6.45) is 13.0. The Kier molecular flexibility index (Phi) is 3.95. The van der Waals surface area contributed by atoms with Gasteiger partial charge < -0.3 is 4.74 Å². The Bertz CT molecular complexity index is 537. The number of rotatable bonds is 5. The minimum atomic E-state index is -0.245. The molecular weight excluding hydrogens is 284 g/mol. The molecule has 4 aliphatic rings. The van der Waals surface area contributed by atoms with E-state index >= 15 is 0 Å². The maximum atomic E-state index is 11.5. The van der Waals surface area contributed by atoms with Gasteiger partial charge in [-0.3, -0.25) is 0 Å². The summed E-state index contributed by atoms with van der Waals surface area (Å²) in [4.78, 5) is 11.5. The van der Waals surface area contributed by atoms with Gasteiger partial charge in [0.05, 0.1) is 12.7 Å². The first-order chi connectivity index (χ1) is 11.2. The van der Waals surface area contributed by atoms with Gasteiger partial charge in [0, 0.05) is 0 Å². The van der Waals surface area contributed by atoms with Crippen molar-refractivity contribution in [2.24, 2.45) is 23.2 Å². The van der Waals surface area contributed by atoms with Gasteiger partial charge in [0.25, 0.3) is 0 Å². The van der Waals surface area contributed by atoms with E-state index in [4.69, 9.17) is 4.74 Å². The molecule has 0 amide bonds. The fourth-order valence-corrected chi connectivity index (χ4v) is 6.19. The monoisotopic (exact) mass is 312 g/mol. The molecule has 2 nitrogen and oxygen atoms in total. The van der Waals surface area contributed by atoms with E-state index in [0.717, 1.165) is 24.2 Å². The zero-order valence-electron chi connectivity index (χ0n) is 14.2. The molecule has 4 fully saturated rings. The van der Waals surface area contributed by atoms with Gasteiger partial charge in [-0.25, -0.2) is 4.79 Å². The highest BCUT2D eigenvalue weighted by atomic mass is 16.5. The van der Waals surface area contributed by atoms with Crippen LogP contribution in [0.1, 0.15) is 67.3 Å². The van der Waals surface area contributed by atoms with Crippen LogP contribution in [-0.2, 0) is 11.2 Å². The summed E-state index contributed by atoms with van der Waals surface area (Å²) in [7, 11) is 1.43. The van der Waals surface area contributed by atoms with Crippen molar-refractivity contribution in [2.75, 3.05) is 7.11 Å². The van der Waals surface area contributed by atoms with Crippen molar-refractivity contribution in [3.63, 3.8) is 0 Å². The third-order valence-corrected chi connectivity index (χ3v) is 6.71. The number of methoxy groups -OCH3 is 1. The normalized spacial score (nSPS) is 34.6. The van der Waals surface area contributed by atoms with Crippen LogP contribution in [0.5, 0.6) is 0 Å². The number of esters is 1. The van der Waals surface area contributed by atoms with Crippen LogP contribution in [0.15, 0.2) is 24.3 Å². The second-order valence-corrected chi connectivity index (χ2v) is 8.46. The van der Waals surface area contributed by atoms with Gasteiger partial charge in [0.15, 0.2) is 0 Å². The highest BCUT2D eigenvalue weighted by molar-refractivity contribution is 5.89. The molecule has 0 saturated heterocycles. The maximum Gasteiger partial charge on any atom is 0.337 e. The lowest BCUT2D eigenvalue weighted by Crippen LogP contribution is -2.45. The first kappa shape index (κ1) is 15.2. The van der Waals surface area contributed by atoms with Crippen LogP contribution in [0.3, 0.4) is 0 Å². The topological polar surface area (TPSA) is 26.3 Å². The van der Waals surface area contributed by atoms with Crippen molar-refractivity contribution >= 4 is 5.97 Å². The smallest absolute Gasteiger partial charge is 0.337 e. The zero-order valence-corrected chi connectivity index (χ0v) is 14.2. The Morgan fingerprint density at radius 2 is 1.61 bits per heavy atom. The summed E-state index contributed by atoms with van der Waals surface area (Å²) in [5, 5.41) is 0. The number of hydrogen-bond acceptors (Lipinski definition) is 2. The average molecular weight is 312 g/mol. The molecule has 23 heavy (non-hydrogen) atoms. The summed E-state index contributed by atoms with van der Waals surface area (Å²) in [5.41, 5.74) is 2.69. The Labute approximate surface area is 139 Å². The molecule has 124 valence electrons. The summed E-state index contributed by atoms with van der Waals surface area (Å²) in [6.45, 7) is 0.